The average molecular weight is 313 g/mol. The number of para-hydroxylation sites is 1. The minimum Gasteiger partial charge on any atom is -0.496 e. The van der Waals surface area contributed by atoms with Gasteiger partial charge in [-0.25, -0.2) is 0 Å². The molecule has 1 unspecified atom stereocenters. The van der Waals surface area contributed by atoms with Crippen LogP contribution in [0.25, 0.3) is 0 Å². The van der Waals surface area contributed by atoms with Gasteiger partial charge in [-0.05, 0) is 44.0 Å². The topological polar surface area (TPSA) is 47.6 Å². The number of carbonyl (C=O) groups is 1. The maximum atomic E-state index is 12.1. The summed E-state index contributed by atoms with van der Waals surface area (Å²) in [5.74, 6) is 1.34. The highest BCUT2D eigenvalue weighted by Crippen LogP contribution is 2.24. The minimum atomic E-state index is -0.163. The van der Waals surface area contributed by atoms with E-state index in [0.29, 0.717) is 0 Å². The van der Waals surface area contributed by atoms with Gasteiger partial charge in [-0.15, -0.1) is 0 Å². The van der Waals surface area contributed by atoms with Crippen molar-refractivity contribution >= 4 is 5.91 Å². The first kappa shape index (κ1) is 16.9. The number of benzene rings is 2. The fourth-order valence-electron chi connectivity index (χ4n) is 2.39. The number of nitrogens with one attached hydrogen (secondary N) is 1. The molecule has 1 atom stereocenters. The van der Waals surface area contributed by atoms with Gasteiger partial charge in [0.15, 0.2) is 6.61 Å². The second-order valence-corrected chi connectivity index (χ2v) is 5.59. The van der Waals surface area contributed by atoms with Gasteiger partial charge in [-0.2, -0.15) is 0 Å². The first-order valence-electron chi connectivity index (χ1n) is 7.63. The highest BCUT2D eigenvalue weighted by molar-refractivity contribution is 5.78. The largest absolute Gasteiger partial charge is 0.496 e. The van der Waals surface area contributed by atoms with E-state index in [1.165, 1.54) is 0 Å². The van der Waals surface area contributed by atoms with Crippen LogP contribution in [0.1, 0.15) is 29.7 Å². The minimum absolute atomic E-state index is 0.0101. The molecule has 23 heavy (non-hydrogen) atoms. The van der Waals surface area contributed by atoms with Gasteiger partial charge in [-0.1, -0.05) is 30.3 Å². The normalized spacial score (nSPS) is 11.7. The van der Waals surface area contributed by atoms with Crippen LogP contribution in [0.4, 0.5) is 0 Å². The van der Waals surface area contributed by atoms with Crippen molar-refractivity contribution in [2.24, 2.45) is 0 Å². The molecule has 0 saturated carbocycles. The molecule has 0 radical (unpaired) electrons. The number of rotatable bonds is 6. The van der Waals surface area contributed by atoms with Gasteiger partial charge >= 0.3 is 0 Å². The Kier molecular flexibility index (Phi) is 5.63. The molecule has 2 aromatic carbocycles. The number of hydrogen-bond acceptors (Lipinski definition) is 3. The fraction of sp³-hybridized carbons (Fsp3) is 0.316. The molecule has 0 aromatic heterocycles. The van der Waals surface area contributed by atoms with Crippen molar-refractivity contribution < 1.29 is 14.3 Å². The molecular formula is C19H23NO3. The van der Waals surface area contributed by atoms with Crippen LogP contribution in [-0.2, 0) is 4.79 Å². The van der Waals surface area contributed by atoms with Crippen molar-refractivity contribution in [2.75, 3.05) is 13.7 Å². The average Bonchev–Trinajstić information content (AvgIpc) is 2.55. The number of ether oxygens (including phenoxy) is 2. The Morgan fingerprint density at radius 3 is 2.61 bits per heavy atom. The predicted octanol–water partition coefficient (Wildman–Crippen LogP) is 3.57. The molecule has 122 valence electrons. The molecule has 2 rings (SSSR count). The van der Waals surface area contributed by atoms with Crippen LogP contribution in [-0.4, -0.2) is 19.6 Å². The summed E-state index contributed by atoms with van der Waals surface area (Å²) in [7, 11) is 1.62. The van der Waals surface area contributed by atoms with Gasteiger partial charge in [0.1, 0.15) is 11.5 Å². The molecule has 1 amide bonds. The predicted molar refractivity (Wildman–Crippen MR) is 91.0 cm³/mol. The number of hydrogen-bond donors (Lipinski definition) is 1. The molecule has 4 heteroatoms. The van der Waals surface area contributed by atoms with Crippen molar-refractivity contribution in [3.63, 3.8) is 0 Å². The summed E-state index contributed by atoms with van der Waals surface area (Å²) in [6.07, 6.45) is 0. The lowest BCUT2D eigenvalue weighted by Crippen LogP contribution is -2.31. The Morgan fingerprint density at radius 1 is 1.13 bits per heavy atom. The summed E-state index contributed by atoms with van der Waals surface area (Å²) in [5.41, 5.74) is 3.06. The van der Waals surface area contributed by atoms with E-state index in [9.17, 15) is 4.79 Å². The SMILES string of the molecule is COc1ccccc1C(C)NC(=O)COc1cc(C)ccc1C. The summed E-state index contributed by atoms with van der Waals surface area (Å²) in [6.45, 7) is 5.87. The lowest BCUT2D eigenvalue weighted by molar-refractivity contribution is -0.123. The molecule has 0 spiro atoms. The standard InChI is InChI=1S/C19H23NO3/c1-13-9-10-14(2)18(11-13)23-12-19(21)20-15(3)16-7-5-6-8-17(16)22-4/h5-11,15H,12H2,1-4H3,(H,20,21). The molecule has 0 heterocycles. The monoisotopic (exact) mass is 313 g/mol. The van der Waals surface area contributed by atoms with Gasteiger partial charge in [0.05, 0.1) is 13.2 Å². The van der Waals surface area contributed by atoms with Crippen molar-refractivity contribution in [1.29, 1.82) is 0 Å². The third-order valence-corrected chi connectivity index (χ3v) is 3.69. The summed E-state index contributed by atoms with van der Waals surface area (Å²) < 4.78 is 11.0. The zero-order valence-corrected chi connectivity index (χ0v) is 14.1. The van der Waals surface area contributed by atoms with Gasteiger partial charge < -0.3 is 14.8 Å². The zero-order valence-electron chi connectivity index (χ0n) is 14.1. The molecule has 0 fully saturated rings. The van der Waals surface area contributed by atoms with Crippen molar-refractivity contribution in [3.8, 4) is 11.5 Å². The molecule has 2 aromatic rings. The van der Waals surface area contributed by atoms with E-state index in [4.69, 9.17) is 9.47 Å². The van der Waals surface area contributed by atoms with Gasteiger partial charge in [-0.3, -0.25) is 4.79 Å². The van der Waals surface area contributed by atoms with Crippen LogP contribution in [0, 0.1) is 13.8 Å². The van der Waals surface area contributed by atoms with E-state index in [2.05, 4.69) is 5.32 Å². The highest BCUT2D eigenvalue weighted by Gasteiger charge is 2.14. The quantitative estimate of drug-likeness (QED) is 0.887. The van der Waals surface area contributed by atoms with Gasteiger partial charge in [0.25, 0.3) is 5.91 Å². The molecule has 0 bridgehead atoms. The third-order valence-electron chi connectivity index (χ3n) is 3.69. The number of aryl methyl sites for hydroxylation is 2. The van der Waals surface area contributed by atoms with Crippen LogP contribution in [0.2, 0.25) is 0 Å². The molecule has 1 N–H and O–H groups in total. The Balaban J connectivity index is 1.95. The summed E-state index contributed by atoms with van der Waals surface area (Å²) in [4.78, 5) is 12.1. The molecule has 0 aliphatic carbocycles. The number of amides is 1. The molecular weight excluding hydrogens is 290 g/mol. The maximum absolute atomic E-state index is 12.1. The summed E-state index contributed by atoms with van der Waals surface area (Å²) in [6, 6.07) is 13.4. The van der Waals surface area contributed by atoms with E-state index >= 15 is 0 Å². The van der Waals surface area contributed by atoms with Crippen molar-refractivity contribution in [2.45, 2.75) is 26.8 Å². The van der Waals surface area contributed by atoms with E-state index in [1.54, 1.807) is 7.11 Å². The van der Waals surface area contributed by atoms with Gasteiger partial charge in [0, 0.05) is 5.56 Å². The smallest absolute Gasteiger partial charge is 0.258 e. The van der Waals surface area contributed by atoms with E-state index < -0.39 is 0 Å². The number of methoxy groups -OCH3 is 1. The first-order valence-corrected chi connectivity index (χ1v) is 7.63. The van der Waals surface area contributed by atoms with Crippen molar-refractivity contribution in [1.82, 2.24) is 5.32 Å². The molecule has 4 nitrogen and oxygen atoms in total. The van der Waals surface area contributed by atoms with E-state index in [-0.39, 0.29) is 18.6 Å². The van der Waals surface area contributed by atoms with E-state index in [0.717, 1.165) is 28.2 Å². The lowest BCUT2D eigenvalue weighted by Gasteiger charge is -2.17. The maximum Gasteiger partial charge on any atom is 0.258 e. The Labute approximate surface area is 137 Å². The van der Waals surface area contributed by atoms with Crippen LogP contribution in [0.3, 0.4) is 0 Å². The Bertz CT molecular complexity index is 682. The van der Waals surface area contributed by atoms with Crippen LogP contribution in [0.5, 0.6) is 11.5 Å². The Hall–Kier alpha value is -2.49. The summed E-state index contributed by atoms with van der Waals surface area (Å²) in [5, 5.41) is 2.93. The van der Waals surface area contributed by atoms with Crippen LogP contribution >= 0.6 is 0 Å². The first-order chi connectivity index (χ1) is 11.0. The molecule has 0 aliphatic rings. The second kappa shape index (κ2) is 7.68. The highest BCUT2D eigenvalue weighted by atomic mass is 16.5. The second-order valence-electron chi connectivity index (χ2n) is 5.59. The van der Waals surface area contributed by atoms with E-state index in [1.807, 2.05) is 63.2 Å². The zero-order chi connectivity index (χ0) is 16.8. The van der Waals surface area contributed by atoms with Crippen LogP contribution in [0.15, 0.2) is 42.5 Å². The lowest BCUT2D eigenvalue weighted by atomic mass is 10.1. The molecule has 0 aliphatic heterocycles. The van der Waals surface area contributed by atoms with Crippen molar-refractivity contribution in [3.05, 3.63) is 59.2 Å². The fourth-order valence-corrected chi connectivity index (χ4v) is 2.39. The Morgan fingerprint density at radius 2 is 1.87 bits per heavy atom. The third kappa shape index (κ3) is 4.49. The van der Waals surface area contributed by atoms with Gasteiger partial charge in [0.2, 0.25) is 0 Å². The summed E-state index contributed by atoms with van der Waals surface area (Å²) >= 11 is 0. The molecule has 0 saturated heterocycles. The number of carbonyl (C=O) groups excluding carboxylic acids is 1. The van der Waals surface area contributed by atoms with Crippen LogP contribution < -0.4 is 14.8 Å².